The predicted molar refractivity (Wildman–Crippen MR) is 77.5 cm³/mol. The van der Waals surface area contributed by atoms with E-state index in [0.717, 1.165) is 11.3 Å². The first-order chi connectivity index (χ1) is 8.95. The summed E-state index contributed by atoms with van der Waals surface area (Å²) in [6.45, 7) is 5.45. The van der Waals surface area contributed by atoms with Crippen LogP contribution in [0, 0.1) is 5.92 Å². The summed E-state index contributed by atoms with van der Waals surface area (Å²) in [6.07, 6.45) is 0.771. The number of carboxylic acid groups (broad SMARTS) is 1. The molecule has 0 saturated heterocycles. The van der Waals surface area contributed by atoms with Crippen LogP contribution in [0.2, 0.25) is 0 Å². The third-order valence-electron chi connectivity index (χ3n) is 2.86. The minimum absolute atomic E-state index is 0.0430. The maximum atomic E-state index is 11.9. The van der Waals surface area contributed by atoms with Gasteiger partial charge in [0.1, 0.15) is 5.25 Å². The fraction of sp³-hybridized carbons (Fsp3) is 0.429. The van der Waals surface area contributed by atoms with Crippen LogP contribution in [0.4, 0.5) is 5.69 Å². The molecule has 0 heterocycles. The monoisotopic (exact) mass is 281 g/mol. The summed E-state index contributed by atoms with van der Waals surface area (Å²) in [6, 6.07) is 7.26. The Balaban J connectivity index is 2.84. The molecule has 2 atom stereocenters. The van der Waals surface area contributed by atoms with Crippen molar-refractivity contribution in [2.45, 2.75) is 37.3 Å². The lowest BCUT2D eigenvalue weighted by Gasteiger charge is -2.14. The third kappa shape index (κ3) is 4.59. The number of rotatable bonds is 6. The van der Waals surface area contributed by atoms with Crippen LogP contribution >= 0.6 is 11.8 Å². The second kappa shape index (κ2) is 7.19. The fourth-order valence-corrected chi connectivity index (χ4v) is 2.24. The minimum atomic E-state index is -0.868. The van der Waals surface area contributed by atoms with Gasteiger partial charge in [0.25, 0.3) is 0 Å². The Labute approximate surface area is 117 Å². The zero-order chi connectivity index (χ0) is 14.4. The van der Waals surface area contributed by atoms with E-state index in [1.54, 1.807) is 13.0 Å². The molecule has 0 unspecified atom stereocenters. The second-order valence-corrected chi connectivity index (χ2v) is 5.78. The summed E-state index contributed by atoms with van der Waals surface area (Å²) in [5, 5.41) is 11.2. The summed E-state index contributed by atoms with van der Waals surface area (Å²) in [7, 11) is 0. The summed E-state index contributed by atoms with van der Waals surface area (Å²) in [4.78, 5) is 23.5. The first-order valence-corrected chi connectivity index (χ1v) is 7.13. The molecule has 4 nitrogen and oxygen atoms in total. The van der Waals surface area contributed by atoms with Crippen molar-refractivity contribution in [3.8, 4) is 0 Å². The Kier molecular flexibility index (Phi) is 5.89. The van der Waals surface area contributed by atoms with Gasteiger partial charge in [0.2, 0.25) is 5.91 Å². The third-order valence-corrected chi connectivity index (χ3v) is 4.02. The standard InChI is InChI=1S/C14H19NO3S/c1-4-9(2)13(16)15-11-7-5-6-8-12(11)19-10(3)14(17)18/h5-10H,4H2,1-3H3,(H,15,16)(H,17,18)/t9-,10+/m1/s1. The molecule has 0 aliphatic rings. The van der Waals surface area contributed by atoms with Gasteiger partial charge in [0.05, 0.1) is 5.69 Å². The van der Waals surface area contributed by atoms with Gasteiger partial charge in [0.15, 0.2) is 0 Å². The molecular formula is C14H19NO3S. The number of carbonyl (C=O) groups excluding carboxylic acids is 1. The van der Waals surface area contributed by atoms with Crippen molar-refractivity contribution < 1.29 is 14.7 Å². The van der Waals surface area contributed by atoms with Crippen molar-refractivity contribution in [1.82, 2.24) is 0 Å². The minimum Gasteiger partial charge on any atom is -0.480 e. The van der Waals surface area contributed by atoms with Crippen molar-refractivity contribution in [2.24, 2.45) is 5.92 Å². The maximum absolute atomic E-state index is 11.9. The molecule has 2 N–H and O–H groups in total. The lowest BCUT2D eigenvalue weighted by atomic mass is 10.1. The number of hydrogen-bond acceptors (Lipinski definition) is 3. The Morgan fingerprint density at radius 3 is 2.53 bits per heavy atom. The van der Waals surface area contributed by atoms with E-state index in [1.165, 1.54) is 11.8 Å². The van der Waals surface area contributed by atoms with Crippen molar-refractivity contribution in [3.63, 3.8) is 0 Å². The number of carboxylic acids is 1. The quantitative estimate of drug-likeness (QED) is 0.786. The summed E-state index contributed by atoms with van der Waals surface area (Å²) in [5.41, 5.74) is 0.672. The van der Waals surface area contributed by atoms with Gasteiger partial charge in [-0.25, -0.2) is 0 Å². The van der Waals surface area contributed by atoms with Crippen molar-refractivity contribution in [3.05, 3.63) is 24.3 Å². The van der Waals surface area contributed by atoms with Gasteiger partial charge in [0, 0.05) is 10.8 Å². The predicted octanol–water partition coefficient (Wildman–Crippen LogP) is 3.24. The number of carbonyl (C=O) groups is 2. The van der Waals surface area contributed by atoms with Crippen LogP contribution in [-0.4, -0.2) is 22.2 Å². The molecule has 0 aromatic heterocycles. The Hall–Kier alpha value is -1.49. The van der Waals surface area contributed by atoms with Gasteiger partial charge in [-0.15, -0.1) is 11.8 Å². The lowest BCUT2D eigenvalue weighted by molar-refractivity contribution is -0.136. The normalized spacial score (nSPS) is 13.6. The van der Waals surface area contributed by atoms with Crippen LogP contribution in [0.5, 0.6) is 0 Å². The van der Waals surface area contributed by atoms with Crippen LogP contribution in [0.15, 0.2) is 29.2 Å². The molecule has 19 heavy (non-hydrogen) atoms. The number of hydrogen-bond donors (Lipinski definition) is 2. The first kappa shape index (κ1) is 15.6. The number of thioether (sulfide) groups is 1. The van der Waals surface area contributed by atoms with E-state index in [4.69, 9.17) is 5.11 Å². The Bertz CT molecular complexity index is 462. The summed E-state index contributed by atoms with van der Waals surface area (Å²) >= 11 is 1.23. The number of amides is 1. The zero-order valence-corrected chi connectivity index (χ0v) is 12.2. The molecular weight excluding hydrogens is 262 g/mol. The SMILES string of the molecule is CC[C@@H](C)C(=O)Nc1ccccc1S[C@@H](C)C(=O)O. The van der Waals surface area contributed by atoms with E-state index in [1.807, 2.05) is 32.0 Å². The molecule has 0 bridgehead atoms. The van der Waals surface area contributed by atoms with Crippen LogP contribution in [0.25, 0.3) is 0 Å². The van der Waals surface area contributed by atoms with E-state index in [9.17, 15) is 9.59 Å². The highest BCUT2D eigenvalue weighted by molar-refractivity contribution is 8.00. The van der Waals surface area contributed by atoms with Gasteiger partial charge >= 0.3 is 5.97 Å². The Morgan fingerprint density at radius 1 is 1.32 bits per heavy atom. The molecule has 0 aliphatic heterocycles. The van der Waals surface area contributed by atoms with Crippen molar-refractivity contribution >= 4 is 29.3 Å². The largest absolute Gasteiger partial charge is 0.480 e. The number of benzene rings is 1. The highest BCUT2D eigenvalue weighted by Gasteiger charge is 2.17. The molecule has 0 fully saturated rings. The molecule has 1 rings (SSSR count). The average molecular weight is 281 g/mol. The van der Waals surface area contributed by atoms with Crippen molar-refractivity contribution in [2.75, 3.05) is 5.32 Å². The van der Waals surface area contributed by atoms with Gasteiger partial charge in [-0.05, 0) is 25.5 Å². The second-order valence-electron chi connectivity index (χ2n) is 4.39. The highest BCUT2D eigenvalue weighted by atomic mass is 32.2. The van der Waals surface area contributed by atoms with E-state index in [-0.39, 0.29) is 11.8 Å². The topological polar surface area (TPSA) is 66.4 Å². The van der Waals surface area contributed by atoms with E-state index < -0.39 is 11.2 Å². The molecule has 5 heteroatoms. The van der Waals surface area contributed by atoms with Gasteiger partial charge in [-0.3, -0.25) is 9.59 Å². The van der Waals surface area contributed by atoms with Gasteiger partial charge in [-0.2, -0.15) is 0 Å². The van der Waals surface area contributed by atoms with Crippen LogP contribution in [0.3, 0.4) is 0 Å². The van der Waals surface area contributed by atoms with Gasteiger partial charge < -0.3 is 10.4 Å². The van der Waals surface area contributed by atoms with E-state index >= 15 is 0 Å². The molecule has 0 aliphatic carbocycles. The maximum Gasteiger partial charge on any atom is 0.316 e. The number of aliphatic carboxylic acids is 1. The summed E-state index contributed by atoms with van der Waals surface area (Å²) < 4.78 is 0. The van der Waals surface area contributed by atoms with Crippen LogP contribution in [-0.2, 0) is 9.59 Å². The molecule has 1 aromatic rings. The molecule has 1 aromatic carbocycles. The first-order valence-electron chi connectivity index (χ1n) is 6.25. The molecule has 0 spiro atoms. The lowest BCUT2D eigenvalue weighted by Crippen LogP contribution is -2.20. The molecule has 0 radical (unpaired) electrons. The number of nitrogens with one attached hydrogen (secondary N) is 1. The van der Waals surface area contributed by atoms with Crippen LogP contribution in [0.1, 0.15) is 27.2 Å². The van der Waals surface area contributed by atoms with E-state index in [0.29, 0.717) is 5.69 Å². The van der Waals surface area contributed by atoms with Crippen molar-refractivity contribution in [1.29, 1.82) is 0 Å². The molecule has 104 valence electrons. The smallest absolute Gasteiger partial charge is 0.316 e. The zero-order valence-electron chi connectivity index (χ0n) is 11.3. The highest BCUT2D eigenvalue weighted by Crippen LogP contribution is 2.30. The molecule has 1 amide bonds. The number of para-hydroxylation sites is 1. The van der Waals surface area contributed by atoms with Crippen LogP contribution < -0.4 is 5.32 Å². The van der Waals surface area contributed by atoms with E-state index in [2.05, 4.69) is 5.32 Å². The summed E-state index contributed by atoms with van der Waals surface area (Å²) in [5.74, 6) is -0.971. The Morgan fingerprint density at radius 2 is 1.95 bits per heavy atom. The molecule has 0 saturated carbocycles. The fourth-order valence-electron chi connectivity index (χ4n) is 1.35. The van der Waals surface area contributed by atoms with Gasteiger partial charge in [-0.1, -0.05) is 26.0 Å². The number of anilines is 1. The average Bonchev–Trinajstić information content (AvgIpc) is 2.39.